The summed E-state index contributed by atoms with van der Waals surface area (Å²) in [5, 5.41) is 24.9. The first-order valence-electron chi connectivity index (χ1n) is 10.5. The molecule has 0 aliphatic rings. The highest BCUT2D eigenvalue weighted by Gasteiger charge is 2.31. The van der Waals surface area contributed by atoms with Crippen LogP contribution in [-0.2, 0) is 24.0 Å². The van der Waals surface area contributed by atoms with Crippen molar-refractivity contribution in [3.63, 3.8) is 0 Å². The van der Waals surface area contributed by atoms with Gasteiger partial charge in [-0.2, -0.15) is 0 Å². The van der Waals surface area contributed by atoms with Gasteiger partial charge in [-0.25, -0.2) is 4.79 Å². The normalized spacial score (nSPS) is 15.2. The van der Waals surface area contributed by atoms with E-state index in [1.807, 2.05) is 6.92 Å². The van der Waals surface area contributed by atoms with Gasteiger partial charge in [0.05, 0.1) is 12.5 Å². The number of nitrogens with zero attached hydrogens (tertiary/aromatic N) is 1. The van der Waals surface area contributed by atoms with E-state index < -0.39 is 60.2 Å². The minimum Gasteiger partial charge on any atom is -0.481 e. The van der Waals surface area contributed by atoms with Crippen LogP contribution in [0.1, 0.15) is 46.5 Å². The second kappa shape index (κ2) is 14.6. The van der Waals surface area contributed by atoms with Gasteiger partial charge in [0, 0.05) is 6.54 Å². The van der Waals surface area contributed by atoms with E-state index in [1.165, 1.54) is 6.92 Å². The molecule has 0 saturated heterocycles. The number of nitrogens with one attached hydrogen (secondary N) is 3. The molecule has 0 fully saturated rings. The number of carboxylic acids is 2. The fourth-order valence-electron chi connectivity index (χ4n) is 2.65. The van der Waals surface area contributed by atoms with E-state index >= 15 is 0 Å². The molecule has 0 aromatic carbocycles. The molecular formula is C19H35N7O7. The summed E-state index contributed by atoms with van der Waals surface area (Å²) in [6.07, 6.45) is 0.425. The molecule has 33 heavy (non-hydrogen) atoms. The van der Waals surface area contributed by atoms with E-state index in [-0.39, 0.29) is 18.3 Å². The summed E-state index contributed by atoms with van der Waals surface area (Å²) in [5.74, 6) is -5.43. The Bertz CT molecular complexity index is 740. The third-order valence-electron chi connectivity index (χ3n) is 4.84. The lowest BCUT2D eigenvalue weighted by atomic mass is 9.97. The van der Waals surface area contributed by atoms with Gasteiger partial charge in [0.25, 0.3) is 0 Å². The molecule has 0 heterocycles. The van der Waals surface area contributed by atoms with Crippen LogP contribution in [0.2, 0.25) is 0 Å². The number of aliphatic imine (C=N–C) groups is 1. The number of carbonyl (C=O) groups excluding carboxylic acids is 3. The predicted molar refractivity (Wildman–Crippen MR) is 119 cm³/mol. The summed E-state index contributed by atoms with van der Waals surface area (Å²) < 4.78 is 0. The highest BCUT2D eigenvalue weighted by Crippen LogP contribution is 2.09. The molecule has 5 atom stereocenters. The van der Waals surface area contributed by atoms with Crippen LogP contribution in [0.25, 0.3) is 0 Å². The first-order valence-corrected chi connectivity index (χ1v) is 10.5. The molecule has 0 rings (SSSR count). The number of amides is 3. The highest BCUT2D eigenvalue weighted by molar-refractivity contribution is 5.94. The Hall–Kier alpha value is -3.42. The monoisotopic (exact) mass is 473 g/mol. The number of hydrogen-bond acceptors (Lipinski definition) is 7. The zero-order valence-corrected chi connectivity index (χ0v) is 19.0. The molecule has 3 amide bonds. The van der Waals surface area contributed by atoms with Gasteiger partial charge < -0.3 is 43.4 Å². The van der Waals surface area contributed by atoms with Crippen molar-refractivity contribution >= 4 is 35.6 Å². The van der Waals surface area contributed by atoms with E-state index in [0.717, 1.165) is 0 Å². The van der Waals surface area contributed by atoms with Gasteiger partial charge in [-0.3, -0.25) is 24.2 Å². The molecule has 14 nitrogen and oxygen atoms in total. The average Bonchev–Trinajstić information content (AvgIpc) is 2.72. The first-order chi connectivity index (χ1) is 15.3. The summed E-state index contributed by atoms with van der Waals surface area (Å²) in [4.78, 5) is 63.1. The minimum absolute atomic E-state index is 0.0719. The van der Waals surface area contributed by atoms with E-state index in [0.29, 0.717) is 19.4 Å². The molecule has 0 bridgehead atoms. The molecular weight excluding hydrogens is 438 g/mol. The van der Waals surface area contributed by atoms with Gasteiger partial charge in [-0.05, 0) is 25.7 Å². The molecule has 0 aliphatic carbocycles. The Labute approximate surface area is 191 Å². The van der Waals surface area contributed by atoms with Crippen LogP contribution in [0, 0.1) is 5.92 Å². The van der Waals surface area contributed by atoms with Gasteiger partial charge in [0.2, 0.25) is 17.7 Å². The van der Waals surface area contributed by atoms with Gasteiger partial charge >= 0.3 is 11.9 Å². The minimum atomic E-state index is -1.66. The quantitative estimate of drug-likeness (QED) is 0.0701. The molecule has 0 aromatic heterocycles. The van der Waals surface area contributed by atoms with Gasteiger partial charge in [0.15, 0.2) is 5.96 Å². The van der Waals surface area contributed by atoms with E-state index in [1.54, 1.807) is 6.92 Å². The summed E-state index contributed by atoms with van der Waals surface area (Å²) in [6, 6.07) is -4.76. The number of rotatable bonds is 15. The smallest absolute Gasteiger partial charge is 0.326 e. The molecule has 0 saturated carbocycles. The fourth-order valence-corrected chi connectivity index (χ4v) is 2.65. The summed E-state index contributed by atoms with van der Waals surface area (Å²) >= 11 is 0. The maximum absolute atomic E-state index is 12.7. The second-order valence-electron chi connectivity index (χ2n) is 7.65. The Morgan fingerprint density at radius 1 is 0.939 bits per heavy atom. The first kappa shape index (κ1) is 29.6. The fraction of sp³-hybridized carbons (Fsp3) is 0.684. The van der Waals surface area contributed by atoms with Crippen LogP contribution in [0.5, 0.6) is 0 Å². The standard InChI is InChI=1S/C19H35N7O7/c1-4-9(2)14(26-16(30)11(20)6-5-7-23-19(21)22)17(31)24-10(3)15(29)25-12(18(32)33)8-13(27)28/h9-12,14H,4-8,20H2,1-3H3,(H,24,31)(H,25,29)(H,26,30)(H,27,28)(H,32,33)(H4,21,22,23). The third-order valence-corrected chi connectivity index (χ3v) is 4.84. The third kappa shape index (κ3) is 11.7. The van der Waals surface area contributed by atoms with E-state index in [9.17, 15) is 24.0 Å². The molecule has 0 spiro atoms. The van der Waals surface area contributed by atoms with Crippen molar-refractivity contribution < 1.29 is 34.2 Å². The van der Waals surface area contributed by atoms with Crippen molar-refractivity contribution in [1.29, 1.82) is 0 Å². The lowest BCUT2D eigenvalue weighted by Gasteiger charge is -2.26. The molecule has 5 unspecified atom stereocenters. The van der Waals surface area contributed by atoms with Crippen LogP contribution < -0.4 is 33.2 Å². The van der Waals surface area contributed by atoms with E-state index in [2.05, 4.69) is 20.9 Å². The van der Waals surface area contributed by atoms with Gasteiger partial charge in [-0.15, -0.1) is 0 Å². The maximum Gasteiger partial charge on any atom is 0.326 e. The molecule has 0 aliphatic heterocycles. The van der Waals surface area contributed by atoms with Gasteiger partial charge in [-0.1, -0.05) is 20.3 Å². The van der Waals surface area contributed by atoms with Crippen LogP contribution in [-0.4, -0.2) is 76.5 Å². The van der Waals surface area contributed by atoms with Crippen LogP contribution in [0.15, 0.2) is 4.99 Å². The average molecular weight is 474 g/mol. The Morgan fingerprint density at radius 2 is 1.55 bits per heavy atom. The van der Waals surface area contributed by atoms with Crippen LogP contribution in [0.3, 0.4) is 0 Å². The van der Waals surface area contributed by atoms with E-state index in [4.69, 9.17) is 27.4 Å². The molecule has 0 aromatic rings. The van der Waals surface area contributed by atoms with Crippen LogP contribution >= 0.6 is 0 Å². The van der Waals surface area contributed by atoms with Crippen molar-refractivity contribution in [3.8, 4) is 0 Å². The molecule has 14 heteroatoms. The zero-order chi connectivity index (χ0) is 25.7. The van der Waals surface area contributed by atoms with Gasteiger partial charge in [0.1, 0.15) is 18.1 Å². The predicted octanol–water partition coefficient (Wildman–Crippen LogP) is -2.55. The van der Waals surface area contributed by atoms with Crippen molar-refractivity contribution in [3.05, 3.63) is 0 Å². The SMILES string of the molecule is CCC(C)C(NC(=O)C(N)CCCN=C(N)N)C(=O)NC(C)C(=O)NC(CC(=O)O)C(=O)O. The number of nitrogens with two attached hydrogens (primary N) is 3. The highest BCUT2D eigenvalue weighted by atomic mass is 16.4. The molecule has 188 valence electrons. The number of hydrogen-bond donors (Lipinski definition) is 8. The second-order valence-corrected chi connectivity index (χ2v) is 7.65. The number of carbonyl (C=O) groups is 5. The van der Waals surface area contributed by atoms with Crippen molar-refractivity contribution in [1.82, 2.24) is 16.0 Å². The Balaban J connectivity index is 5.06. The maximum atomic E-state index is 12.7. The summed E-state index contributed by atoms with van der Waals surface area (Å²) in [6.45, 7) is 5.14. The number of aliphatic carboxylic acids is 2. The summed E-state index contributed by atoms with van der Waals surface area (Å²) in [5.41, 5.74) is 16.3. The Kier molecular flexibility index (Phi) is 13.1. The Morgan fingerprint density at radius 3 is 2.03 bits per heavy atom. The van der Waals surface area contributed by atoms with Crippen molar-refractivity contribution in [2.75, 3.05) is 6.54 Å². The topological polar surface area (TPSA) is 252 Å². The molecule has 11 N–H and O–H groups in total. The lowest BCUT2D eigenvalue weighted by molar-refractivity contribution is -0.147. The van der Waals surface area contributed by atoms with Crippen molar-refractivity contribution in [2.24, 2.45) is 28.1 Å². The zero-order valence-electron chi connectivity index (χ0n) is 19.0. The van der Waals surface area contributed by atoms with Crippen LogP contribution in [0.4, 0.5) is 0 Å². The summed E-state index contributed by atoms with van der Waals surface area (Å²) in [7, 11) is 0. The number of guanidine groups is 1. The number of carboxylic acid groups (broad SMARTS) is 2. The van der Waals surface area contributed by atoms with Crippen molar-refractivity contribution in [2.45, 2.75) is 70.6 Å². The molecule has 0 radical (unpaired) electrons. The lowest BCUT2D eigenvalue weighted by Crippen LogP contribution is -2.58. The largest absolute Gasteiger partial charge is 0.481 e.